The topological polar surface area (TPSA) is 41.8 Å². The molecule has 0 radical (unpaired) electrons. The number of aryl methyl sites for hydroxylation is 1. The van der Waals surface area contributed by atoms with Gasteiger partial charge in [-0.25, -0.2) is 0 Å². The molecule has 2 aromatic carbocycles. The maximum atomic E-state index is 13.3. The van der Waals surface area contributed by atoms with Crippen LogP contribution in [0.15, 0.2) is 58.8 Å². The highest BCUT2D eigenvalue weighted by Crippen LogP contribution is 2.45. The van der Waals surface area contributed by atoms with Crippen molar-refractivity contribution in [3.05, 3.63) is 70.2 Å². The predicted molar refractivity (Wildman–Crippen MR) is 90.4 cm³/mol. The first-order valence-electron chi connectivity index (χ1n) is 7.97. The van der Waals surface area contributed by atoms with Gasteiger partial charge in [-0.3, -0.25) is 4.79 Å². The van der Waals surface area contributed by atoms with Gasteiger partial charge in [0.2, 0.25) is 0 Å². The monoisotopic (exact) mass is 324 g/mol. The van der Waals surface area contributed by atoms with E-state index in [0.717, 1.165) is 36.0 Å². The Labute approximate surface area is 140 Å². The zero-order valence-electron chi connectivity index (χ0n) is 12.7. The quantitative estimate of drug-likeness (QED) is 0.739. The van der Waals surface area contributed by atoms with Crippen molar-refractivity contribution in [2.24, 2.45) is 10.2 Å². The van der Waals surface area contributed by atoms with E-state index in [1.165, 1.54) is 0 Å². The molecule has 4 rings (SSSR count). The van der Waals surface area contributed by atoms with Gasteiger partial charge in [0.1, 0.15) is 0 Å². The second-order valence-electron chi connectivity index (χ2n) is 6.29. The molecule has 1 heterocycles. The Kier molecular flexibility index (Phi) is 3.53. The molecular weight excluding hydrogens is 308 g/mol. The second kappa shape index (κ2) is 5.57. The van der Waals surface area contributed by atoms with Gasteiger partial charge in [0.25, 0.3) is 0 Å². The summed E-state index contributed by atoms with van der Waals surface area (Å²) in [7, 11) is 0. The molecule has 1 aliphatic heterocycles. The Hall–Kier alpha value is -2.00. The summed E-state index contributed by atoms with van der Waals surface area (Å²) < 4.78 is 0. The molecule has 0 saturated heterocycles. The number of ketones is 1. The minimum absolute atomic E-state index is 0.00146. The van der Waals surface area contributed by atoms with Crippen LogP contribution in [0.5, 0.6) is 0 Å². The summed E-state index contributed by atoms with van der Waals surface area (Å²) in [4.78, 5) is 13.3. The normalized spacial score (nSPS) is 26.3. The van der Waals surface area contributed by atoms with E-state index in [-0.39, 0.29) is 11.7 Å². The Balaban J connectivity index is 1.80. The molecular formula is C19H17ClN2O. The summed E-state index contributed by atoms with van der Waals surface area (Å²) >= 11 is 6.00. The summed E-state index contributed by atoms with van der Waals surface area (Å²) in [5.74, 6) is 0.116. The molecule has 0 bridgehead atoms. The Morgan fingerprint density at radius 3 is 2.70 bits per heavy atom. The fourth-order valence-corrected chi connectivity index (χ4v) is 3.95. The van der Waals surface area contributed by atoms with Crippen LogP contribution in [0.4, 0.5) is 0 Å². The average molecular weight is 325 g/mol. The van der Waals surface area contributed by atoms with Gasteiger partial charge < -0.3 is 0 Å². The van der Waals surface area contributed by atoms with Crippen LogP contribution in [0.25, 0.3) is 0 Å². The van der Waals surface area contributed by atoms with E-state index in [1.54, 1.807) is 0 Å². The van der Waals surface area contributed by atoms with Crippen LogP contribution in [-0.4, -0.2) is 17.9 Å². The van der Waals surface area contributed by atoms with Gasteiger partial charge in [-0.15, -0.1) is 0 Å². The number of halogens is 1. The summed E-state index contributed by atoms with van der Waals surface area (Å²) in [6.45, 7) is 0.565. The Bertz CT molecular complexity index is 784. The number of rotatable bonds is 1. The van der Waals surface area contributed by atoms with Crippen molar-refractivity contribution in [2.45, 2.75) is 30.7 Å². The van der Waals surface area contributed by atoms with Gasteiger partial charge in [-0.2, -0.15) is 10.2 Å². The number of azo groups is 1. The maximum absolute atomic E-state index is 13.3. The lowest BCUT2D eigenvalue weighted by atomic mass is 9.74. The van der Waals surface area contributed by atoms with Crippen molar-refractivity contribution in [3.8, 4) is 0 Å². The number of hydrogen-bond donors (Lipinski definition) is 0. The lowest BCUT2D eigenvalue weighted by Gasteiger charge is -2.29. The largest absolute Gasteiger partial charge is 0.291 e. The standard InChI is InChI=1S/C19H17ClN2O/c20-15-9-7-14(8-10-15)17-12-21-22-19(17)11-3-5-13-4-1-2-6-16(13)18(19)23/h1-2,4,6-10,17H,3,5,11-12H2/t17-,19-/m0/s1. The van der Waals surface area contributed by atoms with Crippen LogP contribution >= 0.6 is 11.6 Å². The molecule has 1 aliphatic carbocycles. The minimum Gasteiger partial charge on any atom is -0.291 e. The van der Waals surface area contributed by atoms with Gasteiger partial charge in [-0.05, 0) is 42.5 Å². The fraction of sp³-hybridized carbons (Fsp3) is 0.316. The molecule has 0 saturated carbocycles. The van der Waals surface area contributed by atoms with E-state index in [1.807, 2.05) is 42.5 Å². The van der Waals surface area contributed by atoms with E-state index in [4.69, 9.17) is 11.6 Å². The lowest BCUT2D eigenvalue weighted by Crippen LogP contribution is -2.40. The van der Waals surface area contributed by atoms with Crippen LogP contribution in [0.1, 0.15) is 40.2 Å². The van der Waals surface area contributed by atoms with E-state index >= 15 is 0 Å². The molecule has 1 spiro atoms. The molecule has 2 aliphatic rings. The van der Waals surface area contributed by atoms with Crippen LogP contribution in [0.2, 0.25) is 5.02 Å². The number of hydrogen-bond acceptors (Lipinski definition) is 3. The number of benzene rings is 2. The van der Waals surface area contributed by atoms with Crippen molar-refractivity contribution in [1.29, 1.82) is 0 Å². The summed E-state index contributed by atoms with van der Waals surface area (Å²) in [5.41, 5.74) is 2.28. The molecule has 2 atom stereocenters. The summed E-state index contributed by atoms with van der Waals surface area (Å²) in [6.07, 6.45) is 2.62. The first-order chi connectivity index (χ1) is 11.2. The van der Waals surface area contributed by atoms with Gasteiger partial charge in [-0.1, -0.05) is 48.0 Å². The van der Waals surface area contributed by atoms with E-state index in [9.17, 15) is 4.79 Å². The third-order valence-corrected chi connectivity index (χ3v) is 5.27. The molecule has 3 nitrogen and oxygen atoms in total. The van der Waals surface area contributed by atoms with Crippen LogP contribution in [0.3, 0.4) is 0 Å². The molecule has 0 aromatic heterocycles. The zero-order chi connectivity index (χ0) is 15.9. The zero-order valence-corrected chi connectivity index (χ0v) is 13.5. The number of carbonyl (C=O) groups is 1. The number of fused-ring (bicyclic) bond motifs is 1. The maximum Gasteiger partial charge on any atom is 0.193 e. The third kappa shape index (κ3) is 2.31. The van der Waals surface area contributed by atoms with Crippen molar-refractivity contribution in [2.75, 3.05) is 6.54 Å². The Morgan fingerprint density at radius 1 is 1.09 bits per heavy atom. The number of carbonyl (C=O) groups excluding carboxylic acids is 1. The summed E-state index contributed by atoms with van der Waals surface area (Å²) in [5, 5.41) is 9.47. The molecule has 2 aromatic rings. The highest BCUT2D eigenvalue weighted by atomic mass is 35.5. The van der Waals surface area contributed by atoms with E-state index < -0.39 is 5.54 Å². The van der Waals surface area contributed by atoms with Crippen molar-refractivity contribution < 1.29 is 4.79 Å². The van der Waals surface area contributed by atoms with Crippen LogP contribution in [-0.2, 0) is 6.42 Å². The number of nitrogens with zero attached hydrogens (tertiary/aromatic N) is 2. The van der Waals surface area contributed by atoms with Crippen molar-refractivity contribution >= 4 is 17.4 Å². The molecule has 4 heteroatoms. The lowest BCUT2D eigenvalue weighted by molar-refractivity contribution is 0.0870. The third-order valence-electron chi connectivity index (χ3n) is 5.02. The van der Waals surface area contributed by atoms with Crippen molar-refractivity contribution in [3.63, 3.8) is 0 Å². The summed E-state index contributed by atoms with van der Waals surface area (Å²) in [6, 6.07) is 15.6. The van der Waals surface area contributed by atoms with E-state index in [0.29, 0.717) is 11.6 Å². The minimum atomic E-state index is -0.750. The predicted octanol–water partition coefficient (Wildman–Crippen LogP) is 4.85. The van der Waals surface area contributed by atoms with Crippen molar-refractivity contribution in [1.82, 2.24) is 0 Å². The van der Waals surface area contributed by atoms with E-state index in [2.05, 4.69) is 16.3 Å². The smallest absolute Gasteiger partial charge is 0.193 e. The fourth-order valence-electron chi connectivity index (χ4n) is 3.83. The number of Topliss-reactive ketones (excluding diaryl/α,β-unsaturated/α-hetero) is 1. The van der Waals surface area contributed by atoms with Gasteiger partial charge in [0.05, 0.1) is 6.54 Å². The highest BCUT2D eigenvalue weighted by Gasteiger charge is 2.50. The first kappa shape index (κ1) is 14.6. The van der Waals surface area contributed by atoms with Gasteiger partial charge in [0, 0.05) is 16.5 Å². The highest BCUT2D eigenvalue weighted by molar-refractivity contribution is 6.30. The van der Waals surface area contributed by atoms with Crippen LogP contribution in [0, 0.1) is 0 Å². The van der Waals surface area contributed by atoms with Gasteiger partial charge >= 0.3 is 0 Å². The SMILES string of the molecule is O=C1c2ccccc2CCC[C@@]12N=NC[C@H]2c1ccc(Cl)cc1. The van der Waals surface area contributed by atoms with Gasteiger partial charge in [0.15, 0.2) is 11.3 Å². The first-order valence-corrected chi connectivity index (χ1v) is 8.35. The molecule has 23 heavy (non-hydrogen) atoms. The molecule has 0 N–H and O–H groups in total. The van der Waals surface area contributed by atoms with Crippen LogP contribution < -0.4 is 0 Å². The average Bonchev–Trinajstić information content (AvgIpc) is 2.94. The molecule has 0 unspecified atom stereocenters. The second-order valence-corrected chi connectivity index (χ2v) is 6.73. The molecule has 0 fully saturated rings. The molecule has 0 amide bonds. The Morgan fingerprint density at radius 2 is 1.87 bits per heavy atom. The molecule has 116 valence electrons.